The molecule has 0 saturated carbocycles. The van der Waals surface area contributed by atoms with Crippen molar-refractivity contribution in [1.82, 2.24) is 0 Å². The summed E-state index contributed by atoms with van der Waals surface area (Å²) >= 11 is 5.33. The lowest BCUT2D eigenvalue weighted by Gasteiger charge is -2.28. The molecule has 5 heteroatoms. The normalized spacial score (nSPS) is 24.0. The standard InChI is InChI=1S/C18H18BrN2OS/c19-15-7-9-16(10-8-15)21-17-20(11-4-12-23-17)13-18(21,22)14-5-2-1-3-6-14/h1-3,5-10,22H,4,11-13H2/q+1. The lowest BCUT2D eigenvalue weighted by Crippen LogP contribution is -2.46. The van der Waals surface area contributed by atoms with E-state index in [1.54, 1.807) is 0 Å². The van der Waals surface area contributed by atoms with Gasteiger partial charge in [-0.3, -0.25) is 0 Å². The molecule has 118 valence electrons. The summed E-state index contributed by atoms with van der Waals surface area (Å²) in [7, 11) is 0. The molecule has 2 heterocycles. The Morgan fingerprint density at radius 2 is 1.83 bits per heavy atom. The van der Waals surface area contributed by atoms with Crippen molar-refractivity contribution in [2.75, 3.05) is 23.7 Å². The summed E-state index contributed by atoms with van der Waals surface area (Å²) in [5.74, 6) is 1.10. The van der Waals surface area contributed by atoms with Gasteiger partial charge < -0.3 is 5.11 Å². The summed E-state index contributed by atoms with van der Waals surface area (Å²) in [5, 5.41) is 12.8. The van der Waals surface area contributed by atoms with Crippen LogP contribution < -0.4 is 4.90 Å². The monoisotopic (exact) mass is 389 g/mol. The number of halogens is 1. The van der Waals surface area contributed by atoms with Crippen LogP contribution in [-0.2, 0) is 5.72 Å². The Labute approximate surface area is 148 Å². The van der Waals surface area contributed by atoms with Crippen molar-refractivity contribution in [1.29, 1.82) is 0 Å². The van der Waals surface area contributed by atoms with Gasteiger partial charge >= 0.3 is 5.17 Å². The number of amidine groups is 1. The predicted molar refractivity (Wildman–Crippen MR) is 99.0 cm³/mol. The van der Waals surface area contributed by atoms with Gasteiger partial charge in [-0.2, -0.15) is 4.90 Å². The van der Waals surface area contributed by atoms with Crippen LogP contribution in [0.25, 0.3) is 0 Å². The van der Waals surface area contributed by atoms with Crippen LogP contribution in [0.2, 0.25) is 0 Å². The van der Waals surface area contributed by atoms with E-state index in [1.165, 1.54) is 0 Å². The quantitative estimate of drug-likeness (QED) is 0.794. The van der Waals surface area contributed by atoms with Crippen molar-refractivity contribution in [2.24, 2.45) is 0 Å². The summed E-state index contributed by atoms with van der Waals surface area (Å²) in [5.41, 5.74) is 0.929. The van der Waals surface area contributed by atoms with Gasteiger partial charge in [0.1, 0.15) is 5.69 Å². The van der Waals surface area contributed by atoms with Gasteiger partial charge in [-0.15, -0.1) is 0 Å². The van der Waals surface area contributed by atoms with Crippen molar-refractivity contribution in [3.05, 3.63) is 64.6 Å². The second-order valence-corrected chi connectivity index (χ2v) is 7.88. The molecule has 2 aromatic rings. The van der Waals surface area contributed by atoms with E-state index in [1.807, 2.05) is 54.2 Å². The lowest BCUT2D eigenvalue weighted by atomic mass is 10.0. The molecule has 0 fully saturated rings. The third-order valence-corrected chi connectivity index (χ3v) is 6.09. The van der Waals surface area contributed by atoms with Gasteiger partial charge in [-0.25, -0.2) is 4.58 Å². The first-order valence-electron chi connectivity index (χ1n) is 7.77. The fourth-order valence-electron chi connectivity index (χ4n) is 3.29. The summed E-state index contributed by atoms with van der Waals surface area (Å²) in [6, 6.07) is 18.2. The highest BCUT2D eigenvalue weighted by Crippen LogP contribution is 2.39. The maximum absolute atomic E-state index is 11.6. The molecule has 3 nitrogen and oxygen atoms in total. The van der Waals surface area contributed by atoms with Gasteiger partial charge in [0.2, 0.25) is 0 Å². The Morgan fingerprint density at radius 3 is 2.57 bits per heavy atom. The molecule has 0 spiro atoms. The van der Waals surface area contributed by atoms with Crippen LogP contribution in [0.3, 0.4) is 0 Å². The minimum atomic E-state index is -1.03. The molecule has 0 amide bonds. The summed E-state index contributed by atoms with van der Waals surface area (Å²) < 4.78 is 3.35. The minimum Gasteiger partial charge on any atom is -0.346 e. The fourth-order valence-corrected chi connectivity index (χ4v) is 4.74. The van der Waals surface area contributed by atoms with E-state index < -0.39 is 5.72 Å². The van der Waals surface area contributed by atoms with E-state index in [0.29, 0.717) is 6.54 Å². The van der Waals surface area contributed by atoms with Crippen molar-refractivity contribution >= 4 is 38.5 Å². The van der Waals surface area contributed by atoms with Gasteiger partial charge in [0.05, 0.1) is 6.54 Å². The number of benzene rings is 2. The third-order valence-electron chi connectivity index (χ3n) is 4.37. The Bertz CT molecular complexity index is 747. The highest BCUT2D eigenvalue weighted by Gasteiger charge is 2.55. The molecule has 0 saturated heterocycles. The molecule has 1 atom stereocenters. The summed E-state index contributed by atoms with van der Waals surface area (Å²) in [6.07, 6.45) is 1.16. The largest absolute Gasteiger partial charge is 0.346 e. The molecule has 1 unspecified atom stereocenters. The van der Waals surface area contributed by atoms with Gasteiger partial charge in [-0.1, -0.05) is 46.3 Å². The first-order valence-corrected chi connectivity index (χ1v) is 9.55. The SMILES string of the molecule is OC1(c2ccccc2)C[N+]2=C(SCCC2)N1c1ccc(Br)cc1. The number of nitrogens with zero attached hydrogens (tertiary/aromatic N) is 2. The molecule has 23 heavy (non-hydrogen) atoms. The molecule has 2 aromatic carbocycles. The van der Waals surface area contributed by atoms with Crippen LogP contribution in [0.15, 0.2) is 59.1 Å². The molecular formula is C18H18BrN2OS+. The Balaban J connectivity index is 1.84. The Morgan fingerprint density at radius 1 is 1.09 bits per heavy atom. The van der Waals surface area contributed by atoms with E-state index in [9.17, 15) is 5.11 Å². The van der Waals surface area contributed by atoms with Crippen LogP contribution in [0.4, 0.5) is 5.69 Å². The number of aliphatic hydroxyl groups is 1. The molecule has 1 N–H and O–H groups in total. The van der Waals surface area contributed by atoms with Crippen LogP contribution in [0, 0.1) is 0 Å². The zero-order valence-corrected chi connectivity index (χ0v) is 15.1. The van der Waals surface area contributed by atoms with Crippen LogP contribution in [-0.4, -0.2) is 33.7 Å². The molecular weight excluding hydrogens is 372 g/mol. The second-order valence-electron chi connectivity index (χ2n) is 5.90. The number of hydrogen-bond donors (Lipinski definition) is 1. The summed E-state index contributed by atoms with van der Waals surface area (Å²) in [6.45, 7) is 1.61. The highest BCUT2D eigenvalue weighted by atomic mass is 79.9. The molecule has 4 rings (SSSR count). The molecule has 0 radical (unpaired) electrons. The lowest BCUT2D eigenvalue weighted by molar-refractivity contribution is -0.532. The van der Waals surface area contributed by atoms with E-state index in [2.05, 4.69) is 37.5 Å². The van der Waals surface area contributed by atoms with E-state index in [0.717, 1.165) is 39.6 Å². The number of thioether (sulfide) groups is 1. The molecule has 0 bridgehead atoms. The van der Waals surface area contributed by atoms with E-state index in [4.69, 9.17) is 0 Å². The molecule has 2 aliphatic rings. The average molecular weight is 390 g/mol. The van der Waals surface area contributed by atoms with Gasteiger partial charge in [0.25, 0.3) is 5.72 Å². The number of rotatable bonds is 2. The first-order chi connectivity index (χ1) is 11.2. The van der Waals surface area contributed by atoms with Crippen molar-refractivity contribution in [3.63, 3.8) is 0 Å². The zero-order valence-electron chi connectivity index (χ0n) is 12.7. The van der Waals surface area contributed by atoms with Gasteiger partial charge in [0, 0.05) is 15.8 Å². The van der Waals surface area contributed by atoms with Crippen molar-refractivity contribution in [2.45, 2.75) is 12.1 Å². The van der Waals surface area contributed by atoms with E-state index in [-0.39, 0.29) is 0 Å². The van der Waals surface area contributed by atoms with Crippen molar-refractivity contribution < 1.29 is 9.68 Å². The smallest absolute Gasteiger partial charge is 0.316 e. The molecule has 2 aliphatic heterocycles. The number of hydrogen-bond acceptors (Lipinski definition) is 3. The zero-order chi connectivity index (χ0) is 15.9. The predicted octanol–water partition coefficient (Wildman–Crippen LogP) is 3.62. The third kappa shape index (κ3) is 2.61. The summed E-state index contributed by atoms with van der Waals surface area (Å²) in [4.78, 5) is 2.10. The molecule has 0 aromatic heterocycles. The molecule has 0 aliphatic carbocycles. The maximum Gasteiger partial charge on any atom is 0.316 e. The van der Waals surface area contributed by atoms with Crippen LogP contribution >= 0.6 is 27.7 Å². The Kier molecular flexibility index (Phi) is 3.95. The average Bonchev–Trinajstić information content (AvgIpc) is 2.90. The van der Waals surface area contributed by atoms with Crippen molar-refractivity contribution in [3.8, 4) is 0 Å². The van der Waals surface area contributed by atoms with Crippen LogP contribution in [0.5, 0.6) is 0 Å². The second kappa shape index (κ2) is 5.96. The maximum atomic E-state index is 11.6. The number of anilines is 1. The van der Waals surface area contributed by atoms with Gasteiger partial charge in [-0.05, 0) is 42.4 Å². The highest BCUT2D eigenvalue weighted by molar-refractivity contribution is 9.10. The fraction of sp³-hybridized carbons (Fsp3) is 0.278. The first kappa shape index (κ1) is 15.2. The van der Waals surface area contributed by atoms with Crippen LogP contribution in [0.1, 0.15) is 12.0 Å². The minimum absolute atomic E-state index is 0.607. The van der Waals surface area contributed by atoms with Gasteiger partial charge in [0.15, 0.2) is 6.54 Å². The topological polar surface area (TPSA) is 26.5 Å². The Hall–Kier alpha value is -1.30. The van der Waals surface area contributed by atoms with E-state index >= 15 is 0 Å².